The lowest BCUT2D eigenvalue weighted by molar-refractivity contribution is 0.544. The fraction of sp³-hybridized carbons (Fsp3) is 0.320. The molecule has 2 aliphatic rings. The van der Waals surface area contributed by atoms with Crippen molar-refractivity contribution in [1.82, 2.24) is 19.6 Å². The van der Waals surface area contributed by atoms with Gasteiger partial charge in [0.2, 0.25) is 0 Å². The number of anilines is 1. The van der Waals surface area contributed by atoms with Crippen molar-refractivity contribution in [2.45, 2.75) is 38.1 Å². The third kappa shape index (κ3) is 2.76. The summed E-state index contributed by atoms with van der Waals surface area (Å²) in [5.41, 5.74) is 3.45. The number of aromatic nitrogens is 4. The maximum atomic E-state index is 14.7. The van der Waals surface area contributed by atoms with Crippen molar-refractivity contribution in [3.63, 3.8) is 0 Å². The van der Waals surface area contributed by atoms with Gasteiger partial charge in [0.15, 0.2) is 5.65 Å². The number of halogens is 2. The molecule has 1 saturated carbocycles. The van der Waals surface area contributed by atoms with E-state index in [0.717, 1.165) is 36.5 Å². The van der Waals surface area contributed by atoms with Gasteiger partial charge < -0.3 is 4.90 Å². The Balaban J connectivity index is 1.42. The molecule has 1 saturated heterocycles. The highest BCUT2D eigenvalue weighted by Crippen LogP contribution is 2.63. The van der Waals surface area contributed by atoms with E-state index in [1.807, 2.05) is 24.5 Å². The minimum Gasteiger partial charge on any atom is -0.346 e. The molecule has 4 heterocycles. The summed E-state index contributed by atoms with van der Waals surface area (Å²) in [6, 6.07) is 9.72. The Labute approximate surface area is 184 Å². The van der Waals surface area contributed by atoms with Gasteiger partial charge in [-0.3, -0.25) is 4.98 Å². The van der Waals surface area contributed by atoms with Crippen LogP contribution in [-0.2, 0) is 5.54 Å². The number of pyridine rings is 1. The fourth-order valence-electron chi connectivity index (χ4n) is 5.19. The van der Waals surface area contributed by atoms with Crippen molar-refractivity contribution in [1.29, 1.82) is 0 Å². The molecule has 1 aliphatic carbocycles. The largest absolute Gasteiger partial charge is 0.346 e. The quantitative estimate of drug-likeness (QED) is 0.439. The first-order valence-electron chi connectivity index (χ1n) is 11.0. The number of piperidine rings is 1. The molecule has 4 aromatic rings. The molecule has 0 radical (unpaired) electrons. The summed E-state index contributed by atoms with van der Waals surface area (Å²) in [7, 11) is 0. The van der Waals surface area contributed by atoms with Gasteiger partial charge in [0.05, 0.1) is 23.0 Å². The lowest BCUT2D eigenvalue weighted by Gasteiger charge is -2.30. The van der Waals surface area contributed by atoms with Crippen molar-refractivity contribution in [3.8, 4) is 11.3 Å². The second-order valence-corrected chi connectivity index (χ2v) is 9.13. The van der Waals surface area contributed by atoms with E-state index in [9.17, 15) is 8.78 Å². The summed E-state index contributed by atoms with van der Waals surface area (Å²) >= 11 is 0. The van der Waals surface area contributed by atoms with E-state index in [1.165, 1.54) is 23.8 Å². The highest BCUT2D eigenvalue weighted by molar-refractivity contribution is 5.75. The molecule has 32 heavy (non-hydrogen) atoms. The van der Waals surface area contributed by atoms with E-state index in [1.54, 1.807) is 10.7 Å². The maximum absolute atomic E-state index is 14.7. The predicted octanol–water partition coefficient (Wildman–Crippen LogP) is 5.32. The Morgan fingerprint density at radius 3 is 2.72 bits per heavy atom. The Kier molecular flexibility index (Phi) is 4.12. The van der Waals surface area contributed by atoms with E-state index in [0.29, 0.717) is 23.0 Å². The van der Waals surface area contributed by atoms with Gasteiger partial charge >= 0.3 is 0 Å². The molecule has 2 atom stereocenters. The van der Waals surface area contributed by atoms with E-state index >= 15 is 0 Å². The lowest BCUT2D eigenvalue weighted by atomic mass is 10.0. The van der Waals surface area contributed by atoms with Crippen LogP contribution in [0.2, 0.25) is 0 Å². The number of rotatable bonds is 4. The molecule has 0 N–H and O–H groups in total. The zero-order valence-corrected chi connectivity index (χ0v) is 18.0. The van der Waals surface area contributed by atoms with Crippen LogP contribution in [0.3, 0.4) is 0 Å². The predicted molar refractivity (Wildman–Crippen MR) is 118 cm³/mol. The van der Waals surface area contributed by atoms with E-state index < -0.39 is 11.4 Å². The molecule has 1 aliphatic heterocycles. The average Bonchev–Trinajstić information content (AvgIpc) is 3.18. The van der Waals surface area contributed by atoms with Crippen LogP contribution >= 0.6 is 0 Å². The number of benzene rings is 1. The summed E-state index contributed by atoms with van der Waals surface area (Å²) in [6.07, 6.45) is 7.28. The Bertz CT molecular complexity index is 1330. The highest BCUT2D eigenvalue weighted by atomic mass is 19.1. The summed E-state index contributed by atoms with van der Waals surface area (Å²) in [6.45, 7) is 5.03. The van der Waals surface area contributed by atoms with Crippen LogP contribution in [0.1, 0.15) is 43.7 Å². The van der Waals surface area contributed by atoms with Gasteiger partial charge in [0.25, 0.3) is 0 Å². The van der Waals surface area contributed by atoms with Gasteiger partial charge in [-0.05, 0) is 60.6 Å². The first-order chi connectivity index (χ1) is 15.5. The zero-order chi connectivity index (χ0) is 22.0. The molecule has 5 nitrogen and oxygen atoms in total. The summed E-state index contributed by atoms with van der Waals surface area (Å²) in [5.74, 6) is 0.700. The normalized spacial score (nSPS) is 22.0. The molecular weight excluding hydrogens is 408 g/mol. The van der Waals surface area contributed by atoms with Crippen LogP contribution in [0, 0.1) is 17.6 Å². The molecule has 6 rings (SSSR count). The van der Waals surface area contributed by atoms with E-state index in [-0.39, 0.29) is 5.82 Å². The summed E-state index contributed by atoms with van der Waals surface area (Å²) < 4.78 is 30.4. The lowest BCUT2D eigenvalue weighted by Crippen LogP contribution is -2.34. The molecule has 0 spiro atoms. The SMILES string of the molecule is CC(C)c1ccc(-c2cnn3ccc(N4CC[C@H]5C[C@]54c4cc(F)ccc4F)nc23)nc1. The van der Waals surface area contributed by atoms with E-state index in [2.05, 4.69) is 34.9 Å². The van der Waals surface area contributed by atoms with Crippen LogP contribution in [0.15, 0.2) is 55.0 Å². The second-order valence-electron chi connectivity index (χ2n) is 9.13. The molecule has 162 valence electrons. The highest BCUT2D eigenvalue weighted by Gasteiger charge is 2.64. The number of nitrogens with zero attached hydrogens (tertiary/aromatic N) is 5. The van der Waals surface area contributed by atoms with Crippen molar-refractivity contribution >= 4 is 11.5 Å². The first-order valence-corrected chi connectivity index (χ1v) is 11.0. The van der Waals surface area contributed by atoms with Crippen molar-refractivity contribution in [2.24, 2.45) is 5.92 Å². The van der Waals surface area contributed by atoms with Gasteiger partial charge in [-0.25, -0.2) is 18.3 Å². The van der Waals surface area contributed by atoms with Gasteiger partial charge in [-0.1, -0.05) is 19.9 Å². The molecule has 7 heteroatoms. The number of hydrogen-bond acceptors (Lipinski definition) is 4. The van der Waals surface area contributed by atoms with Crippen LogP contribution in [0.25, 0.3) is 16.9 Å². The van der Waals surface area contributed by atoms with Crippen molar-refractivity contribution in [3.05, 3.63) is 77.8 Å². The molecule has 0 unspecified atom stereocenters. The summed E-state index contributed by atoms with van der Waals surface area (Å²) in [4.78, 5) is 11.7. The van der Waals surface area contributed by atoms with Crippen LogP contribution in [0.5, 0.6) is 0 Å². The van der Waals surface area contributed by atoms with Crippen LogP contribution < -0.4 is 4.90 Å². The first kappa shape index (κ1) is 19.3. The van der Waals surface area contributed by atoms with Crippen LogP contribution in [0.4, 0.5) is 14.6 Å². The van der Waals surface area contributed by atoms with Crippen LogP contribution in [-0.4, -0.2) is 26.1 Å². The Morgan fingerprint density at radius 2 is 1.97 bits per heavy atom. The third-order valence-electron chi connectivity index (χ3n) is 7.01. The monoisotopic (exact) mass is 431 g/mol. The number of hydrogen-bond donors (Lipinski definition) is 0. The Hall–Kier alpha value is -3.35. The van der Waals surface area contributed by atoms with Gasteiger partial charge in [-0.2, -0.15) is 5.10 Å². The molecule has 0 amide bonds. The molecule has 1 aromatic carbocycles. The smallest absolute Gasteiger partial charge is 0.166 e. The van der Waals surface area contributed by atoms with Gasteiger partial charge in [-0.15, -0.1) is 0 Å². The topological polar surface area (TPSA) is 46.3 Å². The molecular formula is C25H23F2N5. The molecule has 2 fully saturated rings. The molecule has 3 aromatic heterocycles. The second kappa shape index (κ2) is 6.82. The fourth-order valence-corrected chi connectivity index (χ4v) is 5.19. The number of fused-ring (bicyclic) bond motifs is 2. The Morgan fingerprint density at radius 1 is 1.09 bits per heavy atom. The van der Waals surface area contributed by atoms with E-state index in [4.69, 9.17) is 4.98 Å². The average molecular weight is 431 g/mol. The third-order valence-corrected chi connectivity index (χ3v) is 7.01. The molecule has 0 bridgehead atoms. The maximum Gasteiger partial charge on any atom is 0.166 e. The van der Waals surface area contributed by atoms with Gasteiger partial charge in [0, 0.05) is 24.5 Å². The van der Waals surface area contributed by atoms with Crippen molar-refractivity contribution in [2.75, 3.05) is 11.4 Å². The van der Waals surface area contributed by atoms with Crippen molar-refractivity contribution < 1.29 is 8.78 Å². The minimum atomic E-state index is -0.519. The summed E-state index contributed by atoms with van der Waals surface area (Å²) in [5, 5.41) is 4.44. The minimum absolute atomic E-state index is 0.312. The van der Waals surface area contributed by atoms with Gasteiger partial charge in [0.1, 0.15) is 17.5 Å². The zero-order valence-electron chi connectivity index (χ0n) is 18.0. The standard InChI is InChI=1S/C25H23F2N5/c1-15(2)16-3-6-22(28-13-16)19-14-29-32-10-8-23(30-24(19)32)31-9-7-17-12-25(17,31)20-11-18(26)4-5-21(20)27/h3-6,8,10-11,13-15,17H,7,9,12H2,1-2H3/t17-,25+/m0/s1.